The first-order chi connectivity index (χ1) is 25.7. The highest BCUT2D eigenvalue weighted by molar-refractivity contribution is 6.43. The largest absolute Gasteiger partial charge is 0.462 e. The molecule has 2 aliphatic rings. The van der Waals surface area contributed by atoms with Crippen molar-refractivity contribution in [3.8, 4) is 11.6 Å². The normalized spacial score (nSPS) is 14.3. The first-order valence-electron chi connectivity index (χ1n) is 16.2. The van der Waals surface area contributed by atoms with Crippen molar-refractivity contribution >= 4 is 64.3 Å². The van der Waals surface area contributed by atoms with Crippen molar-refractivity contribution in [1.82, 2.24) is 4.98 Å². The molecule has 6 rings (SSSR count). The second-order valence-electron chi connectivity index (χ2n) is 11.6. The van der Waals surface area contributed by atoms with Gasteiger partial charge < -0.3 is 14.8 Å². The fourth-order valence-corrected chi connectivity index (χ4v) is 5.77. The number of amides is 3. The molecule has 0 atom stereocenters. The first-order valence-corrected chi connectivity index (χ1v) is 16.9. The van der Waals surface area contributed by atoms with Gasteiger partial charge in [-0.15, -0.1) is 0 Å². The molecule has 0 unspecified atom stereocenters. The molecule has 0 radical (unpaired) electrons. The number of pyridine rings is 1. The van der Waals surface area contributed by atoms with Crippen LogP contribution in [0, 0.1) is 11.6 Å². The highest BCUT2D eigenvalue weighted by Crippen LogP contribution is 2.37. The van der Waals surface area contributed by atoms with E-state index >= 15 is 0 Å². The maximum absolute atomic E-state index is 13.7. The van der Waals surface area contributed by atoms with Crippen LogP contribution in [0.5, 0.6) is 11.6 Å². The molecule has 3 amide bonds. The molecular weight excluding hydrogens is 760 g/mol. The molecule has 1 aromatic heterocycles. The van der Waals surface area contributed by atoms with Gasteiger partial charge in [-0.2, -0.15) is 13.2 Å². The second kappa shape index (κ2) is 17.0. The van der Waals surface area contributed by atoms with Gasteiger partial charge in [0.1, 0.15) is 28.0 Å². The maximum atomic E-state index is 13.7. The summed E-state index contributed by atoms with van der Waals surface area (Å²) < 4.78 is 75.3. The summed E-state index contributed by atoms with van der Waals surface area (Å²) in [7, 11) is 0. The monoisotopic (exact) mass is 787 g/mol. The summed E-state index contributed by atoms with van der Waals surface area (Å²) in [5, 5.41) is 2.44. The number of hydrogen-bond donors (Lipinski definition) is 1. The summed E-state index contributed by atoms with van der Waals surface area (Å²) in [5.41, 5.74) is 0.686. The number of alkyl halides is 3. The average molecular weight is 789 g/mol. The van der Waals surface area contributed by atoms with E-state index in [1.165, 1.54) is 35.4 Å². The highest BCUT2D eigenvalue weighted by Gasteiger charge is 2.39. The number of imide groups is 1. The molecular formula is C38H28Cl2F5N3O6. The molecule has 9 nitrogen and oxygen atoms in total. The van der Waals surface area contributed by atoms with Gasteiger partial charge in [0.15, 0.2) is 0 Å². The number of nitrogens with zero attached hydrogens (tertiary/aromatic N) is 2. The van der Waals surface area contributed by atoms with E-state index in [0.29, 0.717) is 46.3 Å². The van der Waals surface area contributed by atoms with Gasteiger partial charge in [-0.25, -0.2) is 23.5 Å². The summed E-state index contributed by atoms with van der Waals surface area (Å²) in [6, 6.07) is 14.1. The van der Waals surface area contributed by atoms with Crippen molar-refractivity contribution in [3.63, 3.8) is 0 Å². The average Bonchev–Trinajstić information content (AvgIpc) is 3.39. The lowest BCUT2D eigenvalue weighted by Gasteiger charge is -2.16. The van der Waals surface area contributed by atoms with Crippen LogP contribution in [0.2, 0.25) is 5.02 Å². The molecule has 54 heavy (non-hydrogen) atoms. The van der Waals surface area contributed by atoms with Crippen LogP contribution in [0.25, 0.3) is 6.08 Å². The minimum atomic E-state index is -4.57. The molecule has 0 fully saturated rings. The Kier molecular flexibility index (Phi) is 12.5. The van der Waals surface area contributed by atoms with E-state index in [1.54, 1.807) is 25.1 Å². The molecule has 4 aromatic rings. The Balaban J connectivity index is 0.000000208. The number of esters is 1. The van der Waals surface area contributed by atoms with E-state index in [4.69, 9.17) is 32.7 Å². The number of halogens is 7. The van der Waals surface area contributed by atoms with Crippen LogP contribution < -0.4 is 15.0 Å². The topological polar surface area (TPSA) is 115 Å². The molecule has 1 aliphatic heterocycles. The zero-order valence-corrected chi connectivity index (χ0v) is 29.6. The summed E-state index contributed by atoms with van der Waals surface area (Å²) in [5.74, 6) is -4.32. The number of nitrogens with one attached hydrogen (secondary N) is 1. The molecule has 16 heteroatoms. The number of anilines is 2. The minimum absolute atomic E-state index is 0.137. The van der Waals surface area contributed by atoms with Crippen LogP contribution >= 0.6 is 23.2 Å². The highest BCUT2D eigenvalue weighted by atomic mass is 35.5. The van der Waals surface area contributed by atoms with Gasteiger partial charge in [0.2, 0.25) is 5.88 Å². The lowest BCUT2D eigenvalue weighted by molar-refractivity contribution is -0.138. The lowest BCUT2D eigenvalue weighted by Crippen LogP contribution is -2.31. The van der Waals surface area contributed by atoms with E-state index in [0.717, 1.165) is 43.2 Å². The van der Waals surface area contributed by atoms with Crippen molar-refractivity contribution in [2.75, 3.05) is 16.8 Å². The minimum Gasteiger partial charge on any atom is -0.462 e. The molecule has 1 aliphatic carbocycles. The second-order valence-corrected chi connectivity index (χ2v) is 12.4. The zero-order chi connectivity index (χ0) is 39.2. The van der Waals surface area contributed by atoms with Gasteiger partial charge in [0, 0.05) is 28.4 Å². The van der Waals surface area contributed by atoms with Gasteiger partial charge in [-0.05, 0) is 105 Å². The van der Waals surface area contributed by atoms with Crippen LogP contribution in [0.15, 0.2) is 95.2 Å². The molecule has 0 saturated heterocycles. The van der Waals surface area contributed by atoms with Crippen molar-refractivity contribution in [2.24, 2.45) is 0 Å². The van der Waals surface area contributed by atoms with E-state index in [2.05, 4.69) is 10.3 Å². The van der Waals surface area contributed by atoms with Crippen LogP contribution in [-0.4, -0.2) is 35.3 Å². The van der Waals surface area contributed by atoms with E-state index in [9.17, 15) is 41.1 Å². The molecule has 0 saturated carbocycles. The zero-order valence-electron chi connectivity index (χ0n) is 28.1. The van der Waals surface area contributed by atoms with Gasteiger partial charge in [0.05, 0.1) is 23.5 Å². The Morgan fingerprint density at radius 3 is 2.30 bits per heavy atom. The van der Waals surface area contributed by atoms with Crippen molar-refractivity contribution in [3.05, 3.63) is 129 Å². The van der Waals surface area contributed by atoms with Crippen molar-refractivity contribution < 1.29 is 50.6 Å². The van der Waals surface area contributed by atoms with E-state index < -0.39 is 35.3 Å². The van der Waals surface area contributed by atoms with Crippen LogP contribution in [0.1, 0.15) is 54.1 Å². The van der Waals surface area contributed by atoms with Crippen LogP contribution in [-0.2, 0) is 25.3 Å². The number of benzene rings is 3. The smallest absolute Gasteiger partial charge is 0.416 e. The predicted octanol–water partition coefficient (Wildman–Crippen LogP) is 9.65. The fraction of sp³-hybridized carbons (Fsp3) is 0.184. The molecule has 280 valence electrons. The number of ether oxygens (including phenoxy) is 2. The van der Waals surface area contributed by atoms with E-state index in [1.807, 2.05) is 0 Å². The van der Waals surface area contributed by atoms with Crippen LogP contribution in [0.3, 0.4) is 0 Å². The van der Waals surface area contributed by atoms with Gasteiger partial charge >= 0.3 is 12.1 Å². The number of hydrogen-bond acceptors (Lipinski definition) is 7. The van der Waals surface area contributed by atoms with Crippen molar-refractivity contribution in [2.45, 2.75) is 38.8 Å². The Hall–Kier alpha value is -5.60. The number of carbonyl (C=O) groups excluding carboxylic acids is 4. The Morgan fingerprint density at radius 2 is 1.65 bits per heavy atom. The molecule has 2 heterocycles. The summed E-state index contributed by atoms with van der Waals surface area (Å²) >= 11 is 12.1. The maximum Gasteiger partial charge on any atom is 0.416 e. The third kappa shape index (κ3) is 9.30. The van der Waals surface area contributed by atoms with E-state index in [-0.39, 0.29) is 46.3 Å². The van der Waals surface area contributed by atoms with Gasteiger partial charge in [-0.3, -0.25) is 14.4 Å². The Labute approximate surface area is 315 Å². The molecule has 0 spiro atoms. The molecule has 0 bridgehead atoms. The quantitative estimate of drug-likeness (QED) is 0.0819. The Morgan fingerprint density at radius 1 is 0.944 bits per heavy atom. The summed E-state index contributed by atoms with van der Waals surface area (Å²) in [6.07, 6.45) is 1.16. The standard InChI is InChI=1S/C19H17Cl2NO4.C19H11F5N2O2/c1-2-26-19(25)16(21)10-11-9-12(7-8-15(11)20)22-17(23)13-5-3-4-6-14(13)18(22)24;20-12-6-7-16(15(21)10-12)26-17(27)14-5-2-8-25-18(14)28-13-4-1-3-11(9-13)19(22,23)24/h7-10H,2-6H2,1H3;1-10H,(H,26,27)/b16-10-;. The fourth-order valence-electron chi connectivity index (χ4n) is 5.42. The SMILES string of the molecule is CCOC(=O)/C(Cl)=C/c1cc(N2C(=O)C3=C(CCCC3)C2=O)ccc1Cl.O=C(Nc1ccc(F)cc1F)c1cccnc1Oc1cccc(C(F)(F)F)c1. The van der Waals surface area contributed by atoms with Gasteiger partial charge in [-0.1, -0.05) is 29.3 Å². The summed E-state index contributed by atoms with van der Waals surface area (Å²) in [4.78, 5) is 54.4. The third-order valence-electron chi connectivity index (χ3n) is 7.95. The van der Waals surface area contributed by atoms with Gasteiger partial charge in [0.25, 0.3) is 17.7 Å². The molecule has 3 aromatic carbocycles. The number of carbonyl (C=O) groups is 4. The predicted molar refractivity (Wildman–Crippen MR) is 190 cm³/mol. The Bertz CT molecular complexity index is 2160. The third-order valence-corrected chi connectivity index (χ3v) is 8.56. The summed E-state index contributed by atoms with van der Waals surface area (Å²) in [6.45, 7) is 1.87. The number of aromatic nitrogens is 1. The molecule has 1 N–H and O–H groups in total. The van der Waals surface area contributed by atoms with Crippen molar-refractivity contribution in [1.29, 1.82) is 0 Å². The lowest BCUT2D eigenvalue weighted by atomic mass is 9.93. The number of rotatable bonds is 8. The van der Waals surface area contributed by atoms with Crippen LogP contribution in [0.4, 0.5) is 33.3 Å². The first kappa shape index (κ1) is 39.6.